The Kier molecular flexibility index (Phi) is 12.1. The van der Waals surface area contributed by atoms with Crippen LogP contribution in [0.25, 0.3) is 0 Å². The van der Waals surface area contributed by atoms with E-state index < -0.39 is 34.5 Å². The largest absolute Gasteiger partial charge is 0.444 e. The number of hydrogen-bond acceptors (Lipinski definition) is 12. The number of carbonyl (C=O) groups is 2. The van der Waals surface area contributed by atoms with Gasteiger partial charge in [0.25, 0.3) is 0 Å². The van der Waals surface area contributed by atoms with E-state index in [1.807, 2.05) is 77.9 Å². The van der Waals surface area contributed by atoms with Gasteiger partial charge in [-0.3, -0.25) is 10.6 Å². The highest BCUT2D eigenvalue weighted by Gasteiger charge is 2.48. The number of amides is 2. The zero-order valence-corrected chi connectivity index (χ0v) is 33.2. The maximum Gasteiger partial charge on any atom is 0.413 e. The maximum atomic E-state index is 12.2. The Labute approximate surface area is 316 Å². The van der Waals surface area contributed by atoms with Crippen molar-refractivity contribution < 1.29 is 28.5 Å². The van der Waals surface area contributed by atoms with Crippen molar-refractivity contribution in [1.82, 2.24) is 10.6 Å². The first kappa shape index (κ1) is 39.7. The molecule has 4 heterocycles. The molecule has 2 aromatic rings. The lowest BCUT2D eigenvalue weighted by Gasteiger charge is -2.44. The van der Waals surface area contributed by atoms with Crippen LogP contribution < -0.4 is 22.1 Å². The molecule has 4 aliphatic rings. The van der Waals surface area contributed by atoms with Crippen molar-refractivity contribution in [1.29, 1.82) is 0 Å². The summed E-state index contributed by atoms with van der Waals surface area (Å²) in [5.41, 5.74) is 15.8. The van der Waals surface area contributed by atoms with Crippen molar-refractivity contribution in [3.63, 3.8) is 0 Å². The summed E-state index contributed by atoms with van der Waals surface area (Å²) in [5.74, 6) is 2.41. The van der Waals surface area contributed by atoms with Crippen LogP contribution in [-0.2, 0) is 30.0 Å². The molecule has 2 fully saturated rings. The van der Waals surface area contributed by atoms with Crippen LogP contribution in [0.2, 0.25) is 0 Å². The molecule has 2 saturated heterocycles. The number of fused-ring (bicyclic) bond motifs is 2. The van der Waals surface area contributed by atoms with Gasteiger partial charge < -0.3 is 30.4 Å². The van der Waals surface area contributed by atoms with E-state index in [-0.39, 0.29) is 0 Å². The Bertz CT molecular complexity index is 1580. The number of thioether (sulfide) groups is 2. The molecule has 4 aliphatic heterocycles. The van der Waals surface area contributed by atoms with Gasteiger partial charge in [0.2, 0.25) is 0 Å². The van der Waals surface area contributed by atoms with Crippen LogP contribution in [0.3, 0.4) is 0 Å². The molecule has 2 amide bonds. The molecule has 0 spiro atoms. The van der Waals surface area contributed by atoms with E-state index >= 15 is 0 Å². The zero-order valence-electron chi connectivity index (χ0n) is 31.6. The van der Waals surface area contributed by atoms with Crippen LogP contribution in [0, 0.1) is 25.7 Å². The van der Waals surface area contributed by atoms with E-state index in [1.54, 1.807) is 23.5 Å². The van der Waals surface area contributed by atoms with E-state index in [4.69, 9.17) is 40.4 Å². The third-order valence-corrected chi connectivity index (χ3v) is 11.4. The number of carbonyl (C=O) groups excluding carboxylic acids is 2. The number of nitrogens with two attached hydrogens (primary N) is 2. The van der Waals surface area contributed by atoms with E-state index in [1.165, 1.54) is 0 Å². The minimum Gasteiger partial charge on any atom is -0.444 e. The Hall–Kier alpha value is -3.46. The lowest BCUT2D eigenvalue weighted by atomic mass is 9.75. The standard InChI is InChI=1S/2C19H27N3O3S/c2*1-12-5-6-14(20)9-15(12)19-11-24-8-7-13(19)10-26-16(22-19)21-17(23)25-18(2,3)4/h2*5-6,9,13H,7-8,10-11,20H2,1-4H3,(H,21,22,23)/t2*13-,19-/m00/s1. The monoisotopic (exact) mass is 754 g/mol. The maximum absolute atomic E-state index is 12.2. The third-order valence-electron chi connectivity index (χ3n) is 9.33. The summed E-state index contributed by atoms with van der Waals surface area (Å²) in [6.45, 7) is 17.6. The molecule has 6 rings (SSSR count). The Morgan fingerprint density at radius 3 is 1.48 bits per heavy atom. The molecule has 6 N–H and O–H groups in total. The topological polar surface area (TPSA) is 172 Å². The van der Waals surface area contributed by atoms with Gasteiger partial charge in [-0.05, 0) is 115 Å². The molecule has 0 unspecified atom stereocenters. The molecule has 284 valence electrons. The summed E-state index contributed by atoms with van der Waals surface area (Å²) in [5, 5.41) is 6.75. The van der Waals surface area contributed by atoms with Crippen LogP contribution in [0.4, 0.5) is 21.0 Å². The Morgan fingerprint density at radius 1 is 0.731 bits per heavy atom. The van der Waals surface area contributed by atoms with Crippen molar-refractivity contribution in [3.8, 4) is 0 Å². The number of aliphatic imine (C=N–C) groups is 2. The highest BCUT2D eigenvalue weighted by molar-refractivity contribution is 8.14. The number of nitrogens with one attached hydrogen (secondary N) is 2. The van der Waals surface area contributed by atoms with E-state index in [0.717, 1.165) is 59.8 Å². The van der Waals surface area contributed by atoms with Gasteiger partial charge in [0.1, 0.15) is 22.3 Å². The van der Waals surface area contributed by atoms with Crippen molar-refractivity contribution in [2.24, 2.45) is 21.8 Å². The molecule has 0 aromatic heterocycles. The van der Waals surface area contributed by atoms with Crippen LogP contribution >= 0.6 is 23.5 Å². The quantitative estimate of drug-likeness (QED) is 0.237. The average Bonchev–Trinajstić information content (AvgIpc) is 3.05. The van der Waals surface area contributed by atoms with Crippen molar-refractivity contribution in [3.05, 3.63) is 58.7 Å². The van der Waals surface area contributed by atoms with Gasteiger partial charge in [0, 0.05) is 47.9 Å². The fourth-order valence-electron chi connectivity index (χ4n) is 6.93. The highest BCUT2D eigenvalue weighted by Crippen LogP contribution is 2.47. The number of nitrogens with zero attached hydrogens (tertiary/aromatic N) is 2. The van der Waals surface area contributed by atoms with Crippen molar-refractivity contribution in [2.45, 2.75) is 90.5 Å². The second-order valence-corrected chi connectivity index (χ2v) is 17.8. The van der Waals surface area contributed by atoms with Gasteiger partial charge in [0.15, 0.2) is 10.3 Å². The van der Waals surface area contributed by atoms with E-state index in [9.17, 15) is 9.59 Å². The molecule has 0 radical (unpaired) electrons. The number of rotatable bonds is 2. The number of amidine groups is 2. The molecule has 52 heavy (non-hydrogen) atoms. The normalized spacial score (nSPS) is 25.8. The predicted molar refractivity (Wildman–Crippen MR) is 211 cm³/mol. The minimum absolute atomic E-state index is 0.339. The number of nitrogen functional groups attached to an aromatic ring is 2. The molecule has 0 saturated carbocycles. The molecule has 0 bridgehead atoms. The van der Waals surface area contributed by atoms with Crippen molar-refractivity contribution >= 4 is 57.4 Å². The minimum atomic E-state index is -0.553. The summed E-state index contributed by atoms with van der Waals surface area (Å²) in [6, 6.07) is 11.8. The summed E-state index contributed by atoms with van der Waals surface area (Å²) in [7, 11) is 0. The number of aryl methyl sites for hydroxylation is 2. The second-order valence-electron chi connectivity index (χ2n) is 15.8. The summed E-state index contributed by atoms with van der Waals surface area (Å²) in [4.78, 5) is 34.3. The zero-order chi connectivity index (χ0) is 37.9. The fourth-order valence-corrected chi connectivity index (χ4v) is 9.30. The molecule has 14 heteroatoms. The number of ether oxygens (including phenoxy) is 4. The SMILES string of the molecule is Cc1ccc(N)cc1[C@]12COCC[C@H]1CSC(NC(=O)OC(C)(C)C)=N2.Cc1ccc(N)cc1[C@]12COCC[C@H]1CSC(NC(=O)OC(C)(C)C)=N2. The third kappa shape index (κ3) is 9.55. The van der Waals surface area contributed by atoms with Gasteiger partial charge in [-0.15, -0.1) is 0 Å². The number of benzene rings is 2. The number of alkyl carbamates (subject to hydrolysis) is 2. The van der Waals surface area contributed by atoms with Gasteiger partial charge in [-0.25, -0.2) is 19.6 Å². The average molecular weight is 755 g/mol. The number of anilines is 2. The fraction of sp³-hybridized carbons (Fsp3) is 0.579. The molecular formula is C38H54N6O6S2. The van der Waals surface area contributed by atoms with Gasteiger partial charge >= 0.3 is 12.2 Å². The Balaban J connectivity index is 0.000000201. The summed E-state index contributed by atoms with van der Waals surface area (Å²) < 4.78 is 22.4. The second kappa shape index (κ2) is 15.9. The van der Waals surface area contributed by atoms with Crippen LogP contribution in [0.1, 0.15) is 76.6 Å². The lowest BCUT2D eigenvalue weighted by Crippen LogP contribution is -2.49. The van der Waals surface area contributed by atoms with E-state index in [2.05, 4.69) is 24.5 Å². The summed E-state index contributed by atoms with van der Waals surface area (Å²) >= 11 is 3.12. The van der Waals surface area contributed by atoms with E-state index in [0.29, 0.717) is 46.8 Å². The number of hydrogen-bond donors (Lipinski definition) is 4. The van der Waals surface area contributed by atoms with Gasteiger partial charge in [-0.1, -0.05) is 35.7 Å². The smallest absolute Gasteiger partial charge is 0.413 e. The highest BCUT2D eigenvalue weighted by atomic mass is 32.2. The summed E-state index contributed by atoms with van der Waals surface area (Å²) in [6.07, 6.45) is 0.895. The first-order chi connectivity index (χ1) is 24.4. The van der Waals surface area contributed by atoms with Gasteiger partial charge in [-0.2, -0.15) is 0 Å². The van der Waals surface area contributed by atoms with Crippen molar-refractivity contribution in [2.75, 3.05) is 49.4 Å². The van der Waals surface area contributed by atoms with Crippen LogP contribution in [0.5, 0.6) is 0 Å². The first-order valence-corrected chi connectivity index (χ1v) is 19.7. The molecule has 4 atom stereocenters. The molecular weight excluding hydrogens is 701 g/mol. The molecule has 0 aliphatic carbocycles. The lowest BCUT2D eigenvalue weighted by molar-refractivity contribution is 0.00403. The van der Waals surface area contributed by atoms with Crippen LogP contribution in [-0.4, -0.2) is 71.7 Å². The molecule has 2 aromatic carbocycles. The Morgan fingerprint density at radius 2 is 1.12 bits per heavy atom. The molecule has 12 nitrogen and oxygen atoms in total. The van der Waals surface area contributed by atoms with Crippen LogP contribution in [0.15, 0.2) is 46.4 Å². The predicted octanol–water partition coefficient (Wildman–Crippen LogP) is 6.87. The van der Waals surface area contributed by atoms with Gasteiger partial charge in [0.05, 0.1) is 13.2 Å². The first-order valence-electron chi connectivity index (χ1n) is 17.7.